The number of alkyl halides is 6. The van der Waals surface area contributed by atoms with Crippen LogP contribution in [0.15, 0.2) is 53.2 Å². The molecule has 9 nitrogen and oxygen atoms in total. The molecule has 15 heteroatoms. The maximum Gasteiger partial charge on any atom is 0.573 e. The molecule has 0 aliphatic carbocycles. The molecular weight excluding hydrogens is 544 g/mol. The maximum atomic E-state index is 12.7. The van der Waals surface area contributed by atoms with Crippen LogP contribution >= 0.6 is 0 Å². The van der Waals surface area contributed by atoms with Crippen molar-refractivity contribution in [3.63, 3.8) is 0 Å². The molecule has 0 unspecified atom stereocenters. The summed E-state index contributed by atoms with van der Waals surface area (Å²) >= 11 is 0. The van der Waals surface area contributed by atoms with Crippen LogP contribution in [0.4, 0.5) is 32.2 Å². The van der Waals surface area contributed by atoms with Crippen LogP contribution in [0, 0.1) is 6.92 Å². The SMILES string of the molecule is Cc1cc(-c2nc(-c3ccc(OC(F)(F)F)cc3)no2)nn1Cc1ccnc(N2CCN(CC(F)(F)F)CC2)c1. The van der Waals surface area contributed by atoms with E-state index in [-0.39, 0.29) is 17.5 Å². The molecule has 1 aliphatic heterocycles. The molecule has 212 valence electrons. The van der Waals surface area contributed by atoms with Crippen molar-refractivity contribution in [1.82, 2.24) is 29.8 Å². The van der Waals surface area contributed by atoms with Crippen LogP contribution < -0.4 is 9.64 Å². The predicted molar refractivity (Wildman–Crippen MR) is 130 cm³/mol. The average molecular weight is 567 g/mol. The number of aromatic nitrogens is 5. The van der Waals surface area contributed by atoms with Gasteiger partial charge in [0, 0.05) is 43.6 Å². The van der Waals surface area contributed by atoms with E-state index in [0.29, 0.717) is 49.8 Å². The van der Waals surface area contributed by atoms with Gasteiger partial charge >= 0.3 is 12.5 Å². The van der Waals surface area contributed by atoms with Crippen LogP contribution in [-0.2, 0) is 6.54 Å². The zero-order valence-electron chi connectivity index (χ0n) is 21.1. The first-order chi connectivity index (χ1) is 18.9. The minimum atomic E-state index is -4.79. The second-order valence-corrected chi connectivity index (χ2v) is 9.22. The van der Waals surface area contributed by atoms with Crippen LogP contribution in [0.25, 0.3) is 23.0 Å². The first-order valence-electron chi connectivity index (χ1n) is 12.2. The maximum absolute atomic E-state index is 12.7. The molecule has 1 fully saturated rings. The van der Waals surface area contributed by atoms with Gasteiger partial charge in [0.05, 0.1) is 13.1 Å². The molecule has 0 saturated carbocycles. The second kappa shape index (κ2) is 10.8. The molecule has 0 atom stereocenters. The first kappa shape index (κ1) is 27.4. The molecule has 0 amide bonds. The van der Waals surface area contributed by atoms with E-state index in [1.807, 2.05) is 24.0 Å². The number of aryl methyl sites for hydroxylation is 1. The van der Waals surface area contributed by atoms with Crippen LogP contribution in [0.1, 0.15) is 11.3 Å². The van der Waals surface area contributed by atoms with E-state index in [1.165, 1.54) is 17.0 Å². The number of pyridine rings is 1. The number of rotatable bonds is 7. The number of hydrogen-bond acceptors (Lipinski definition) is 8. The highest BCUT2D eigenvalue weighted by atomic mass is 19.4. The van der Waals surface area contributed by atoms with Crippen molar-refractivity contribution >= 4 is 5.82 Å². The van der Waals surface area contributed by atoms with E-state index in [9.17, 15) is 26.3 Å². The number of benzene rings is 1. The summed E-state index contributed by atoms with van der Waals surface area (Å²) in [7, 11) is 0. The topological polar surface area (TPSA) is 85.3 Å². The van der Waals surface area contributed by atoms with Crippen LogP contribution in [0.3, 0.4) is 0 Å². The quantitative estimate of drug-likeness (QED) is 0.291. The Morgan fingerprint density at radius 1 is 0.950 bits per heavy atom. The van der Waals surface area contributed by atoms with Gasteiger partial charge in [-0.25, -0.2) is 4.98 Å². The summed E-state index contributed by atoms with van der Waals surface area (Å²) < 4.78 is 86.1. The van der Waals surface area contributed by atoms with Crippen molar-refractivity contribution < 1.29 is 35.6 Å². The lowest BCUT2D eigenvalue weighted by Crippen LogP contribution is -2.49. The Labute approximate surface area is 224 Å². The smallest absolute Gasteiger partial charge is 0.406 e. The lowest BCUT2D eigenvalue weighted by molar-refractivity contribution is -0.274. The van der Waals surface area contributed by atoms with Gasteiger partial charge in [-0.1, -0.05) is 5.16 Å². The monoisotopic (exact) mass is 567 g/mol. The zero-order chi connectivity index (χ0) is 28.5. The van der Waals surface area contributed by atoms with Gasteiger partial charge in [0.2, 0.25) is 5.82 Å². The van der Waals surface area contributed by atoms with Crippen molar-refractivity contribution in [1.29, 1.82) is 0 Å². The van der Waals surface area contributed by atoms with Crippen molar-refractivity contribution in [3.8, 4) is 28.7 Å². The second-order valence-electron chi connectivity index (χ2n) is 9.22. The third-order valence-electron chi connectivity index (χ3n) is 6.21. The van der Waals surface area contributed by atoms with Crippen molar-refractivity contribution in [2.75, 3.05) is 37.6 Å². The molecule has 0 radical (unpaired) electrons. The van der Waals surface area contributed by atoms with E-state index in [0.717, 1.165) is 23.4 Å². The van der Waals surface area contributed by atoms with Gasteiger partial charge in [0.1, 0.15) is 11.6 Å². The van der Waals surface area contributed by atoms with Gasteiger partial charge in [0.25, 0.3) is 5.89 Å². The Kier molecular flexibility index (Phi) is 7.40. The van der Waals surface area contributed by atoms with Crippen LogP contribution in [0.5, 0.6) is 5.75 Å². The molecule has 0 bridgehead atoms. The lowest BCUT2D eigenvalue weighted by Gasteiger charge is -2.35. The van der Waals surface area contributed by atoms with Gasteiger partial charge in [-0.15, -0.1) is 13.2 Å². The zero-order valence-corrected chi connectivity index (χ0v) is 21.1. The summed E-state index contributed by atoms with van der Waals surface area (Å²) in [5.41, 5.74) is 2.56. The standard InChI is InChI=1S/C25H23F6N7O2/c1-16-12-20(23-33-22(35-40-23)18-2-4-19(5-3-18)39-25(29,30)31)34-38(16)14-17-6-7-32-21(13-17)37-10-8-36(9-11-37)15-24(26,27)28/h2-7,12-13H,8-11,14-15H2,1H3. The molecule has 5 rings (SSSR count). The molecule has 0 spiro atoms. The Hall–Kier alpha value is -4.14. The first-order valence-corrected chi connectivity index (χ1v) is 12.2. The molecular formula is C25H23F6N7O2. The van der Waals surface area contributed by atoms with Gasteiger partial charge < -0.3 is 14.2 Å². The molecule has 3 aromatic heterocycles. The number of hydrogen-bond donors (Lipinski definition) is 0. The molecule has 1 aliphatic rings. The summed E-state index contributed by atoms with van der Waals surface area (Å²) in [6, 6.07) is 10.6. The highest BCUT2D eigenvalue weighted by Crippen LogP contribution is 2.27. The Morgan fingerprint density at radius 2 is 1.68 bits per heavy atom. The molecule has 1 saturated heterocycles. The molecule has 0 N–H and O–H groups in total. The predicted octanol–water partition coefficient (Wildman–Crippen LogP) is 4.93. The summed E-state index contributed by atoms with van der Waals surface area (Å²) in [4.78, 5) is 12.0. The fraction of sp³-hybridized carbons (Fsp3) is 0.360. The number of ether oxygens (including phenoxy) is 1. The van der Waals surface area contributed by atoms with Crippen LogP contribution in [-0.4, -0.2) is 75.1 Å². The Morgan fingerprint density at radius 3 is 2.35 bits per heavy atom. The van der Waals surface area contributed by atoms with Gasteiger partial charge in [-0.2, -0.15) is 23.3 Å². The van der Waals surface area contributed by atoms with Crippen molar-refractivity contribution in [3.05, 3.63) is 59.9 Å². The third kappa shape index (κ3) is 6.89. The van der Waals surface area contributed by atoms with E-state index in [2.05, 4.69) is 25.0 Å². The summed E-state index contributed by atoms with van der Waals surface area (Å²) in [6.45, 7) is 2.81. The van der Waals surface area contributed by atoms with Gasteiger partial charge in [-0.3, -0.25) is 9.58 Å². The molecule has 4 aromatic rings. The Balaban J connectivity index is 1.24. The highest BCUT2D eigenvalue weighted by molar-refractivity contribution is 5.59. The molecule has 1 aromatic carbocycles. The number of piperazine rings is 1. The summed E-state index contributed by atoms with van der Waals surface area (Å²) in [6.07, 6.45) is -7.35. The fourth-order valence-corrected chi connectivity index (χ4v) is 4.32. The molecule has 4 heterocycles. The van der Waals surface area contributed by atoms with Crippen LogP contribution in [0.2, 0.25) is 0 Å². The lowest BCUT2D eigenvalue weighted by atomic mass is 10.2. The average Bonchev–Trinajstić information content (AvgIpc) is 3.51. The van der Waals surface area contributed by atoms with E-state index in [1.54, 1.807) is 16.9 Å². The van der Waals surface area contributed by atoms with Gasteiger partial charge in [-0.05, 0) is 55.0 Å². The summed E-state index contributed by atoms with van der Waals surface area (Å²) in [5.74, 6) is 0.634. The number of halogens is 6. The van der Waals surface area contributed by atoms with Crippen molar-refractivity contribution in [2.45, 2.75) is 26.0 Å². The van der Waals surface area contributed by atoms with Gasteiger partial charge in [0.15, 0.2) is 5.69 Å². The number of anilines is 1. The largest absolute Gasteiger partial charge is 0.573 e. The number of nitrogens with zero attached hydrogens (tertiary/aromatic N) is 7. The Bertz CT molecular complexity index is 1440. The third-order valence-corrected chi connectivity index (χ3v) is 6.21. The normalized spacial score (nSPS) is 15.0. The minimum absolute atomic E-state index is 0.139. The minimum Gasteiger partial charge on any atom is -0.406 e. The highest BCUT2D eigenvalue weighted by Gasteiger charge is 2.32. The van der Waals surface area contributed by atoms with E-state index >= 15 is 0 Å². The van der Waals surface area contributed by atoms with E-state index < -0.39 is 19.1 Å². The fourth-order valence-electron chi connectivity index (χ4n) is 4.32. The van der Waals surface area contributed by atoms with Crippen molar-refractivity contribution in [2.24, 2.45) is 0 Å². The molecule has 40 heavy (non-hydrogen) atoms. The summed E-state index contributed by atoms with van der Waals surface area (Å²) in [5, 5.41) is 8.45. The van der Waals surface area contributed by atoms with E-state index in [4.69, 9.17) is 4.52 Å².